The number of hydrogen-bond acceptors (Lipinski definition) is 2. The molecule has 2 aliphatic rings. The first kappa shape index (κ1) is 29.5. The zero-order valence-corrected chi connectivity index (χ0v) is 26.1. The Morgan fingerprint density at radius 1 is 0.535 bits per heavy atom. The van der Waals surface area contributed by atoms with Crippen LogP contribution in [0.1, 0.15) is 146 Å². The fourth-order valence-electron chi connectivity index (χ4n) is 7.81. The van der Waals surface area contributed by atoms with Crippen molar-refractivity contribution >= 4 is 0 Å². The molecular formula is C41H48O2. The number of aromatic hydroxyl groups is 2. The second-order valence-electron chi connectivity index (χ2n) is 13.3. The van der Waals surface area contributed by atoms with Crippen molar-refractivity contribution in [2.45, 2.75) is 108 Å². The number of benzene rings is 4. The minimum Gasteiger partial charge on any atom is -0.507 e. The van der Waals surface area contributed by atoms with Gasteiger partial charge in [-0.25, -0.2) is 0 Å². The molecule has 6 rings (SSSR count). The largest absolute Gasteiger partial charge is 0.507 e. The van der Waals surface area contributed by atoms with Crippen LogP contribution in [0.5, 0.6) is 11.5 Å². The zero-order valence-electron chi connectivity index (χ0n) is 26.1. The topological polar surface area (TPSA) is 40.5 Å². The van der Waals surface area contributed by atoms with Gasteiger partial charge in [-0.2, -0.15) is 0 Å². The Balaban J connectivity index is 1.45. The highest BCUT2D eigenvalue weighted by Crippen LogP contribution is 2.44. The maximum Gasteiger partial charge on any atom is 0.122 e. The second kappa shape index (κ2) is 13.4. The Bertz CT molecular complexity index is 1380. The molecule has 2 fully saturated rings. The Hall–Kier alpha value is -3.52. The molecular weight excluding hydrogens is 524 g/mol. The third kappa shape index (κ3) is 6.54. The molecule has 0 saturated heterocycles. The van der Waals surface area contributed by atoms with Crippen LogP contribution in [0.15, 0.2) is 84.9 Å². The summed E-state index contributed by atoms with van der Waals surface area (Å²) in [5.74, 6) is 2.00. The first-order valence-corrected chi connectivity index (χ1v) is 16.8. The van der Waals surface area contributed by atoms with Crippen molar-refractivity contribution in [3.8, 4) is 11.5 Å². The van der Waals surface area contributed by atoms with Gasteiger partial charge in [0.15, 0.2) is 0 Å². The van der Waals surface area contributed by atoms with Crippen LogP contribution >= 0.6 is 0 Å². The Kier molecular flexibility index (Phi) is 9.22. The minimum atomic E-state index is 0.0827. The van der Waals surface area contributed by atoms with Crippen molar-refractivity contribution in [2.24, 2.45) is 0 Å². The van der Waals surface area contributed by atoms with E-state index in [0.717, 1.165) is 22.3 Å². The number of rotatable bonds is 8. The number of phenols is 2. The summed E-state index contributed by atoms with van der Waals surface area (Å²) in [7, 11) is 0. The Labute approximate surface area is 258 Å². The monoisotopic (exact) mass is 572 g/mol. The third-order valence-electron chi connectivity index (χ3n) is 10.5. The third-order valence-corrected chi connectivity index (χ3v) is 10.5. The molecule has 0 aliphatic heterocycles. The van der Waals surface area contributed by atoms with Gasteiger partial charge in [0.1, 0.15) is 11.5 Å². The van der Waals surface area contributed by atoms with Crippen molar-refractivity contribution in [2.75, 3.05) is 0 Å². The van der Waals surface area contributed by atoms with E-state index in [1.54, 1.807) is 0 Å². The van der Waals surface area contributed by atoms with Crippen LogP contribution in [0.3, 0.4) is 0 Å². The van der Waals surface area contributed by atoms with Gasteiger partial charge in [-0.15, -0.1) is 0 Å². The lowest BCUT2D eigenvalue weighted by atomic mass is 9.79. The van der Waals surface area contributed by atoms with Crippen molar-refractivity contribution in [3.63, 3.8) is 0 Å². The van der Waals surface area contributed by atoms with Crippen molar-refractivity contribution in [1.82, 2.24) is 0 Å². The van der Waals surface area contributed by atoms with Crippen molar-refractivity contribution < 1.29 is 10.2 Å². The van der Waals surface area contributed by atoms with E-state index in [9.17, 15) is 10.2 Å². The number of hydrogen-bond donors (Lipinski definition) is 2. The normalized spacial score (nSPS) is 17.9. The van der Waals surface area contributed by atoms with Crippen LogP contribution in [-0.4, -0.2) is 10.2 Å². The quantitative estimate of drug-likeness (QED) is 0.220. The SMILES string of the molecule is CC(c1ccccc1)c1cc(C2CCCCC2)cc(Cc2cc(C3CCCCC3)cc(C(C)c3ccccc3)c2O)c1O. The molecule has 0 aromatic heterocycles. The molecule has 2 nitrogen and oxygen atoms in total. The summed E-state index contributed by atoms with van der Waals surface area (Å²) < 4.78 is 0. The van der Waals surface area contributed by atoms with Crippen LogP contribution in [-0.2, 0) is 6.42 Å². The molecule has 43 heavy (non-hydrogen) atoms. The first-order valence-electron chi connectivity index (χ1n) is 16.8. The molecule has 0 heterocycles. The van der Waals surface area contributed by atoms with E-state index in [-0.39, 0.29) is 11.8 Å². The van der Waals surface area contributed by atoms with Crippen LogP contribution in [0.4, 0.5) is 0 Å². The summed E-state index contributed by atoms with van der Waals surface area (Å²) in [4.78, 5) is 0. The molecule has 0 amide bonds. The highest BCUT2D eigenvalue weighted by molar-refractivity contribution is 5.55. The zero-order chi connectivity index (χ0) is 29.8. The molecule has 0 spiro atoms. The van der Waals surface area contributed by atoms with Gasteiger partial charge in [0.25, 0.3) is 0 Å². The second-order valence-corrected chi connectivity index (χ2v) is 13.3. The van der Waals surface area contributed by atoms with Gasteiger partial charge in [0.2, 0.25) is 0 Å². The Morgan fingerprint density at radius 3 is 1.28 bits per heavy atom. The highest BCUT2D eigenvalue weighted by Gasteiger charge is 2.25. The molecule has 2 heteroatoms. The van der Waals surface area contributed by atoms with E-state index in [1.807, 2.05) is 0 Å². The summed E-state index contributed by atoms with van der Waals surface area (Å²) in [6.07, 6.45) is 13.1. The van der Waals surface area contributed by atoms with Gasteiger partial charge >= 0.3 is 0 Å². The van der Waals surface area contributed by atoms with Crippen LogP contribution in [0, 0.1) is 0 Å². The van der Waals surface area contributed by atoms with Gasteiger partial charge in [-0.3, -0.25) is 0 Å². The van der Waals surface area contributed by atoms with Crippen LogP contribution in [0.2, 0.25) is 0 Å². The molecule has 4 aromatic carbocycles. The van der Waals surface area contributed by atoms with E-state index in [2.05, 4.69) is 98.8 Å². The van der Waals surface area contributed by atoms with Gasteiger partial charge in [0.05, 0.1) is 0 Å². The molecule has 2 atom stereocenters. The summed E-state index contributed by atoms with van der Waals surface area (Å²) in [5.41, 5.74) is 9.02. The maximum atomic E-state index is 11.9. The standard InChI is InChI=1S/C41H48O2/c1-28(30-15-7-3-8-16-30)38-26-34(32-19-11-5-12-20-32)23-36(40(38)42)25-37-24-35(33-21-13-6-14-22-33)27-39(41(37)43)29(2)31-17-9-4-10-18-31/h3-4,7-10,15-18,23-24,26-29,32-33,42-43H,5-6,11-14,19-22,25H2,1-2H3. The van der Waals surface area contributed by atoms with E-state index >= 15 is 0 Å². The minimum absolute atomic E-state index is 0.0827. The average molecular weight is 573 g/mol. The lowest BCUT2D eigenvalue weighted by molar-refractivity contribution is 0.436. The van der Waals surface area contributed by atoms with E-state index in [0.29, 0.717) is 29.8 Å². The molecule has 0 bridgehead atoms. The first-order chi connectivity index (χ1) is 21.0. The molecule has 2 aliphatic carbocycles. The van der Waals surface area contributed by atoms with Crippen LogP contribution in [0.25, 0.3) is 0 Å². The molecule has 4 aromatic rings. The smallest absolute Gasteiger partial charge is 0.122 e. The summed E-state index contributed by atoms with van der Waals surface area (Å²) in [6.45, 7) is 4.42. The van der Waals surface area contributed by atoms with Crippen molar-refractivity contribution in [1.29, 1.82) is 0 Å². The fourth-order valence-corrected chi connectivity index (χ4v) is 7.81. The molecule has 224 valence electrons. The van der Waals surface area contributed by atoms with E-state index in [4.69, 9.17) is 0 Å². The predicted octanol–water partition coefficient (Wildman–Crippen LogP) is 11.1. The Morgan fingerprint density at radius 2 is 0.907 bits per heavy atom. The van der Waals surface area contributed by atoms with Crippen LogP contribution < -0.4 is 0 Å². The predicted molar refractivity (Wildman–Crippen MR) is 179 cm³/mol. The van der Waals surface area contributed by atoms with Gasteiger partial charge in [0, 0.05) is 29.4 Å². The van der Waals surface area contributed by atoms with E-state index in [1.165, 1.54) is 86.5 Å². The van der Waals surface area contributed by atoms with Gasteiger partial charge in [-0.05, 0) is 70.9 Å². The molecule has 2 unspecified atom stereocenters. The van der Waals surface area contributed by atoms with Gasteiger partial charge in [-0.1, -0.05) is 137 Å². The highest BCUT2D eigenvalue weighted by atomic mass is 16.3. The summed E-state index contributed by atoms with van der Waals surface area (Å²) in [5, 5.41) is 23.8. The maximum absolute atomic E-state index is 11.9. The fraction of sp³-hybridized carbons (Fsp3) is 0.415. The number of phenolic OH excluding ortho intramolecular Hbond substituents is 2. The van der Waals surface area contributed by atoms with E-state index < -0.39 is 0 Å². The molecule has 2 N–H and O–H groups in total. The summed E-state index contributed by atoms with van der Waals surface area (Å²) in [6, 6.07) is 30.2. The lowest BCUT2D eigenvalue weighted by Crippen LogP contribution is -2.09. The average Bonchev–Trinajstić information content (AvgIpc) is 3.07. The lowest BCUT2D eigenvalue weighted by Gasteiger charge is -2.27. The summed E-state index contributed by atoms with van der Waals surface area (Å²) >= 11 is 0. The van der Waals surface area contributed by atoms with Gasteiger partial charge < -0.3 is 10.2 Å². The molecule has 0 radical (unpaired) electrons. The molecule has 2 saturated carbocycles. The van der Waals surface area contributed by atoms with Crippen molar-refractivity contribution in [3.05, 3.63) is 129 Å².